The predicted molar refractivity (Wildman–Crippen MR) is 40.3 cm³/mol. The number of aromatic nitrogens is 1. The first-order valence-corrected chi connectivity index (χ1v) is 3.35. The van der Waals surface area contributed by atoms with E-state index in [0.29, 0.717) is 0 Å². The van der Waals surface area contributed by atoms with Gasteiger partial charge in [0.25, 0.3) is 0 Å². The minimum atomic E-state index is -1.06. The number of rotatable bonds is 2. The molecule has 1 rings (SSSR count). The summed E-state index contributed by atoms with van der Waals surface area (Å²) in [5, 5.41) is 16.1. The molecular formula is C7H5NO6. The van der Waals surface area contributed by atoms with Crippen LogP contribution in [0.2, 0.25) is 0 Å². The molecule has 14 heavy (non-hydrogen) atoms. The van der Waals surface area contributed by atoms with E-state index in [0.717, 1.165) is 18.5 Å². The SMILES string of the molecule is O=C(OO)c1cncc(C(=O)OO)c1. The molecule has 2 N–H and O–H groups in total. The third kappa shape index (κ3) is 2.03. The van der Waals surface area contributed by atoms with Crippen LogP contribution in [0.25, 0.3) is 0 Å². The first-order valence-electron chi connectivity index (χ1n) is 3.35. The minimum Gasteiger partial charge on any atom is -0.295 e. The number of carbonyl (C=O) groups excluding carboxylic acids is 2. The summed E-state index contributed by atoms with van der Waals surface area (Å²) in [6.45, 7) is 0. The van der Waals surface area contributed by atoms with Gasteiger partial charge in [0, 0.05) is 12.4 Å². The van der Waals surface area contributed by atoms with Crippen molar-refractivity contribution in [2.45, 2.75) is 0 Å². The van der Waals surface area contributed by atoms with Gasteiger partial charge in [-0.1, -0.05) is 0 Å². The van der Waals surface area contributed by atoms with Crippen LogP contribution < -0.4 is 0 Å². The molecule has 0 aromatic carbocycles. The van der Waals surface area contributed by atoms with Gasteiger partial charge in [0.1, 0.15) is 0 Å². The van der Waals surface area contributed by atoms with Crippen LogP contribution in [-0.2, 0) is 9.78 Å². The summed E-state index contributed by atoms with van der Waals surface area (Å²) in [5.41, 5.74) is -0.286. The van der Waals surface area contributed by atoms with Gasteiger partial charge in [-0.25, -0.2) is 9.59 Å². The lowest BCUT2D eigenvalue weighted by Crippen LogP contribution is -2.07. The minimum absolute atomic E-state index is 0.143. The van der Waals surface area contributed by atoms with E-state index in [-0.39, 0.29) is 11.1 Å². The van der Waals surface area contributed by atoms with E-state index in [1.807, 2.05) is 0 Å². The Hall–Kier alpha value is -1.99. The molecule has 0 bridgehead atoms. The lowest BCUT2D eigenvalue weighted by molar-refractivity contribution is -0.183. The van der Waals surface area contributed by atoms with E-state index in [1.54, 1.807) is 0 Å². The summed E-state index contributed by atoms with van der Waals surface area (Å²) in [5.74, 6) is -2.13. The summed E-state index contributed by atoms with van der Waals surface area (Å²) < 4.78 is 0. The monoisotopic (exact) mass is 199 g/mol. The van der Waals surface area contributed by atoms with Gasteiger partial charge in [-0.15, -0.1) is 0 Å². The summed E-state index contributed by atoms with van der Waals surface area (Å²) in [6.07, 6.45) is 2.15. The fourth-order valence-corrected chi connectivity index (χ4v) is 0.769. The summed E-state index contributed by atoms with van der Waals surface area (Å²) in [6, 6.07) is 1.05. The van der Waals surface area contributed by atoms with Crippen molar-refractivity contribution in [1.82, 2.24) is 4.98 Å². The highest BCUT2D eigenvalue weighted by Gasteiger charge is 2.13. The largest absolute Gasteiger partial charge is 0.374 e. The van der Waals surface area contributed by atoms with E-state index in [2.05, 4.69) is 14.8 Å². The Bertz CT molecular complexity index is 332. The molecule has 74 valence electrons. The van der Waals surface area contributed by atoms with E-state index in [1.165, 1.54) is 0 Å². The molecule has 1 heterocycles. The van der Waals surface area contributed by atoms with Crippen molar-refractivity contribution in [2.24, 2.45) is 0 Å². The zero-order valence-electron chi connectivity index (χ0n) is 6.71. The Kier molecular flexibility index (Phi) is 3.10. The molecule has 0 radical (unpaired) electrons. The molecule has 7 nitrogen and oxygen atoms in total. The molecule has 1 aromatic rings. The van der Waals surface area contributed by atoms with Gasteiger partial charge in [-0.2, -0.15) is 10.5 Å². The zero-order valence-corrected chi connectivity index (χ0v) is 6.71. The number of pyridine rings is 1. The summed E-state index contributed by atoms with van der Waals surface area (Å²) in [7, 11) is 0. The van der Waals surface area contributed by atoms with Crippen molar-refractivity contribution >= 4 is 11.9 Å². The molecule has 0 spiro atoms. The second-order valence-electron chi connectivity index (χ2n) is 2.22. The van der Waals surface area contributed by atoms with E-state index < -0.39 is 11.9 Å². The molecule has 0 unspecified atom stereocenters. The molecule has 0 atom stereocenters. The molecule has 0 amide bonds. The highest BCUT2D eigenvalue weighted by Crippen LogP contribution is 2.05. The predicted octanol–water partition coefficient (Wildman–Crippen LogP) is 0.341. The molecule has 0 aliphatic heterocycles. The number of carbonyl (C=O) groups is 2. The van der Waals surface area contributed by atoms with Crippen LogP contribution in [0, 0.1) is 0 Å². The van der Waals surface area contributed by atoms with Crippen molar-refractivity contribution in [1.29, 1.82) is 0 Å². The van der Waals surface area contributed by atoms with Gasteiger partial charge in [-0.05, 0) is 6.07 Å². The number of hydrogen-bond acceptors (Lipinski definition) is 7. The van der Waals surface area contributed by atoms with Gasteiger partial charge < -0.3 is 0 Å². The van der Waals surface area contributed by atoms with Gasteiger partial charge in [-0.3, -0.25) is 14.8 Å². The van der Waals surface area contributed by atoms with Crippen LogP contribution in [0.5, 0.6) is 0 Å². The number of hydrogen-bond donors (Lipinski definition) is 2. The third-order valence-electron chi connectivity index (χ3n) is 1.38. The Morgan fingerprint density at radius 1 is 1.07 bits per heavy atom. The summed E-state index contributed by atoms with van der Waals surface area (Å²) in [4.78, 5) is 31.8. The van der Waals surface area contributed by atoms with Gasteiger partial charge in [0.2, 0.25) is 0 Å². The summed E-state index contributed by atoms with van der Waals surface area (Å²) >= 11 is 0. The third-order valence-corrected chi connectivity index (χ3v) is 1.38. The second-order valence-corrected chi connectivity index (χ2v) is 2.22. The standard InChI is InChI=1S/C7H5NO6/c9-6(13-11)4-1-5(3-8-2-4)7(10)14-12/h1-3,11-12H. The lowest BCUT2D eigenvalue weighted by atomic mass is 10.2. The van der Waals surface area contributed by atoms with Crippen molar-refractivity contribution in [3.05, 3.63) is 29.6 Å². The van der Waals surface area contributed by atoms with E-state index in [4.69, 9.17) is 10.5 Å². The number of nitrogens with zero attached hydrogens (tertiary/aromatic N) is 1. The molecule has 0 saturated heterocycles. The highest BCUT2D eigenvalue weighted by molar-refractivity contribution is 5.94. The average molecular weight is 199 g/mol. The molecular weight excluding hydrogens is 194 g/mol. The van der Waals surface area contributed by atoms with Crippen molar-refractivity contribution in [2.75, 3.05) is 0 Å². The Labute approximate surface area is 77.4 Å². The van der Waals surface area contributed by atoms with Crippen LogP contribution in [-0.4, -0.2) is 27.4 Å². The quantitative estimate of drug-likeness (QED) is 0.522. The van der Waals surface area contributed by atoms with Crippen molar-refractivity contribution < 1.29 is 29.9 Å². The smallest absolute Gasteiger partial charge is 0.295 e. The maximum absolute atomic E-state index is 10.7. The van der Waals surface area contributed by atoms with Crippen LogP contribution in [0.1, 0.15) is 20.7 Å². The lowest BCUT2D eigenvalue weighted by Gasteiger charge is -1.98. The zero-order chi connectivity index (χ0) is 10.6. The van der Waals surface area contributed by atoms with Gasteiger partial charge in [0.15, 0.2) is 0 Å². The highest BCUT2D eigenvalue weighted by atomic mass is 17.1. The molecule has 1 aromatic heterocycles. The molecule has 0 aliphatic rings. The van der Waals surface area contributed by atoms with Gasteiger partial charge >= 0.3 is 11.9 Å². The topological polar surface area (TPSA) is 106 Å². The first kappa shape index (κ1) is 10.1. The molecule has 7 heteroatoms. The van der Waals surface area contributed by atoms with Crippen LogP contribution in [0.3, 0.4) is 0 Å². The fourth-order valence-electron chi connectivity index (χ4n) is 0.769. The molecule has 0 saturated carbocycles. The Morgan fingerprint density at radius 3 is 1.86 bits per heavy atom. The normalized spacial score (nSPS) is 9.29. The van der Waals surface area contributed by atoms with Crippen LogP contribution in [0.15, 0.2) is 18.5 Å². The second kappa shape index (κ2) is 4.30. The Balaban J connectivity index is 3.01. The van der Waals surface area contributed by atoms with Crippen LogP contribution in [0.4, 0.5) is 0 Å². The fraction of sp³-hybridized carbons (Fsp3) is 0. The first-order chi connectivity index (χ1) is 6.69. The maximum Gasteiger partial charge on any atom is 0.374 e. The van der Waals surface area contributed by atoms with E-state index >= 15 is 0 Å². The van der Waals surface area contributed by atoms with Gasteiger partial charge in [0.05, 0.1) is 11.1 Å². The van der Waals surface area contributed by atoms with Crippen molar-refractivity contribution in [3.8, 4) is 0 Å². The van der Waals surface area contributed by atoms with E-state index in [9.17, 15) is 9.59 Å². The average Bonchev–Trinajstić information content (AvgIpc) is 2.27. The molecule has 0 aliphatic carbocycles. The maximum atomic E-state index is 10.7. The molecule has 0 fully saturated rings. The Morgan fingerprint density at radius 2 is 1.50 bits per heavy atom. The van der Waals surface area contributed by atoms with Crippen LogP contribution >= 0.6 is 0 Å². The van der Waals surface area contributed by atoms with Crippen molar-refractivity contribution in [3.63, 3.8) is 0 Å².